The molecule has 0 aromatic heterocycles. The molecular formula is C20H18N2O3S. The summed E-state index contributed by atoms with van der Waals surface area (Å²) in [5, 5.41) is 10.3. The molecule has 3 aliphatic rings. The number of hydrogen-bond acceptors (Lipinski definition) is 5. The summed E-state index contributed by atoms with van der Waals surface area (Å²) in [6.07, 6.45) is 0. The molecule has 2 aromatic carbocycles. The summed E-state index contributed by atoms with van der Waals surface area (Å²) in [6.45, 7) is 5.01. The Bertz CT molecular complexity index is 969. The van der Waals surface area contributed by atoms with Gasteiger partial charge in [-0.15, -0.1) is 0 Å². The summed E-state index contributed by atoms with van der Waals surface area (Å²) in [4.78, 5) is 20.0. The molecule has 0 radical (unpaired) electrons. The number of thioether (sulfide) groups is 1. The normalized spacial score (nSPS) is 24.5. The highest BCUT2D eigenvalue weighted by Gasteiger charge is 2.51. The van der Waals surface area contributed by atoms with Crippen LogP contribution in [0.1, 0.15) is 35.8 Å². The van der Waals surface area contributed by atoms with Crippen LogP contribution in [0.15, 0.2) is 52.4 Å². The second kappa shape index (κ2) is 5.27. The van der Waals surface area contributed by atoms with Crippen LogP contribution in [0.5, 0.6) is 5.75 Å². The highest BCUT2D eigenvalue weighted by molar-refractivity contribution is 8.14. The fourth-order valence-corrected chi connectivity index (χ4v) is 5.38. The first kappa shape index (κ1) is 15.8. The molecule has 3 heterocycles. The van der Waals surface area contributed by atoms with E-state index in [9.17, 15) is 9.90 Å². The Kier molecular flexibility index (Phi) is 3.19. The molecule has 2 atom stereocenters. The Hall–Kier alpha value is -2.47. The van der Waals surface area contributed by atoms with Crippen LogP contribution in [-0.2, 0) is 0 Å². The SMILES string of the molecule is CC1(C)[C@H]2COc3ccc(C(=O)O)cc3[C@@H]2N=C2Sc3ccccc3N21. The summed E-state index contributed by atoms with van der Waals surface area (Å²) in [7, 11) is 0. The van der Waals surface area contributed by atoms with Gasteiger partial charge in [-0.3, -0.25) is 4.99 Å². The Morgan fingerprint density at radius 2 is 2.12 bits per heavy atom. The average Bonchev–Trinajstić information content (AvgIpc) is 3.00. The molecule has 3 aliphatic heterocycles. The molecule has 6 heteroatoms. The topological polar surface area (TPSA) is 62.1 Å². The molecule has 1 N–H and O–H groups in total. The molecule has 2 aromatic rings. The van der Waals surface area contributed by atoms with E-state index in [-0.39, 0.29) is 23.1 Å². The second-order valence-electron chi connectivity index (χ2n) is 7.39. The van der Waals surface area contributed by atoms with Gasteiger partial charge in [-0.2, -0.15) is 0 Å². The minimum Gasteiger partial charge on any atom is -0.493 e. The summed E-state index contributed by atoms with van der Waals surface area (Å²) in [5.41, 5.74) is 2.14. The highest BCUT2D eigenvalue weighted by Crippen LogP contribution is 2.54. The average molecular weight is 366 g/mol. The van der Waals surface area contributed by atoms with E-state index in [1.807, 2.05) is 6.07 Å². The van der Waals surface area contributed by atoms with Crippen LogP contribution in [0.3, 0.4) is 0 Å². The number of carboxylic acid groups (broad SMARTS) is 1. The second-order valence-corrected chi connectivity index (χ2v) is 8.40. The van der Waals surface area contributed by atoms with Crippen LogP contribution < -0.4 is 9.64 Å². The minimum absolute atomic E-state index is 0.0962. The summed E-state index contributed by atoms with van der Waals surface area (Å²) in [6, 6.07) is 13.3. The number of aromatic carboxylic acids is 1. The zero-order chi connectivity index (χ0) is 18.1. The Labute approximate surface area is 155 Å². The third-order valence-corrected chi connectivity index (χ3v) is 6.64. The molecule has 0 bridgehead atoms. The lowest BCUT2D eigenvalue weighted by Crippen LogP contribution is -2.57. The van der Waals surface area contributed by atoms with Crippen LogP contribution in [0.2, 0.25) is 0 Å². The van der Waals surface area contributed by atoms with Gasteiger partial charge >= 0.3 is 5.97 Å². The molecule has 0 aliphatic carbocycles. The van der Waals surface area contributed by atoms with Gasteiger partial charge in [0.2, 0.25) is 0 Å². The zero-order valence-corrected chi connectivity index (χ0v) is 15.3. The van der Waals surface area contributed by atoms with Gasteiger partial charge in [-0.1, -0.05) is 12.1 Å². The van der Waals surface area contributed by atoms with E-state index in [1.54, 1.807) is 30.0 Å². The van der Waals surface area contributed by atoms with Crippen molar-refractivity contribution >= 4 is 28.6 Å². The first-order valence-electron chi connectivity index (χ1n) is 8.62. The van der Waals surface area contributed by atoms with Gasteiger partial charge in [0.1, 0.15) is 5.75 Å². The van der Waals surface area contributed by atoms with Crippen molar-refractivity contribution in [1.29, 1.82) is 0 Å². The molecule has 0 unspecified atom stereocenters. The van der Waals surface area contributed by atoms with Crippen LogP contribution >= 0.6 is 11.8 Å². The predicted octanol–water partition coefficient (Wildman–Crippen LogP) is 4.20. The lowest BCUT2D eigenvalue weighted by atomic mass is 9.75. The fourth-order valence-electron chi connectivity index (χ4n) is 4.18. The number of para-hydroxylation sites is 1. The number of ether oxygens (including phenoxy) is 1. The van der Waals surface area contributed by atoms with Crippen molar-refractivity contribution in [2.45, 2.75) is 30.3 Å². The first-order chi connectivity index (χ1) is 12.5. The van der Waals surface area contributed by atoms with Gasteiger partial charge in [0, 0.05) is 21.9 Å². The van der Waals surface area contributed by atoms with Gasteiger partial charge in [-0.25, -0.2) is 4.79 Å². The van der Waals surface area contributed by atoms with E-state index < -0.39 is 5.97 Å². The number of carboxylic acids is 1. The molecule has 0 spiro atoms. The van der Waals surface area contributed by atoms with Crippen LogP contribution in [0.25, 0.3) is 0 Å². The van der Waals surface area contributed by atoms with E-state index >= 15 is 0 Å². The quantitative estimate of drug-likeness (QED) is 0.820. The Morgan fingerprint density at radius 1 is 1.31 bits per heavy atom. The number of benzene rings is 2. The molecule has 5 rings (SSSR count). The monoisotopic (exact) mass is 366 g/mol. The third kappa shape index (κ3) is 2.05. The molecule has 132 valence electrons. The van der Waals surface area contributed by atoms with Crippen molar-refractivity contribution < 1.29 is 14.6 Å². The minimum atomic E-state index is -0.929. The summed E-state index contributed by atoms with van der Waals surface area (Å²) in [5.74, 6) is -0.0539. The predicted molar refractivity (Wildman–Crippen MR) is 101 cm³/mol. The lowest BCUT2D eigenvalue weighted by Gasteiger charge is -2.50. The van der Waals surface area contributed by atoms with Gasteiger partial charge in [0.15, 0.2) is 5.17 Å². The number of anilines is 1. The van der Waals surface area contributed by atoms with Crippen LogP contribution in [-0.4, -0.2) is 28.4 Å². The zero-order valence-electron chi connectivity index (χ0n) is 14.5. The maximum absolute atomic E-state index is 11.4. The maximum Gasteiger partial charge on any atom is 0.335 e. The van der Waals surface area contributed by atoms with Gasteiger partial charge in [-0.05, 0) is 55.9 Å². The van der Waals surface area contributed by atoms with E-state index in [4.69, 9.17) is 9.73 Å². The lowest BCUT2D eigenvalue weighted by molar-refractivity contribution is 0.0696. The van der Waals surface area contributed by atoms with E-state index in [0.29, 0.717) is 6.61 Å². The Morgan fingerprint density at radius 3 is 2.92 bits per heavy atom. The molecular weight excluding hydrogens is 348 g/mol. The largest absolute Gasteiger partial charge is 0.493 e. The van der Waals surface area contributed by atoms with Crippen molar-refractivity contribution in [3.05, 3.63) is 53.6 Å². The van der Waals surface area contributed by atoms with Gasteiger partial charge in [0.25, 0.3) is 0 Å². The summed E-state index contributed by atoms with van der Waals surface area (Å²) >= 11 is 1.68. The van der Waals surface area contributed by atoms with Crippen molar-refractivity contribution in [3.8, 4) is 5.75 Å². The Balaban J connectivity index is 1.67. The van der Waals surface area contributed by atoms with Gasteiger partial charge < -0.3 is 14.7 Å². The summed E-state index contributed by atoms with van der Waals surface area (Å²) < 4.78 is 6.00. The number of aliphatic imine (C=N–C) groups is 1. The highest BCUT2D eigenvalue weighted by atomic mass is 32.2. The number of nitrogens with zero attached hydrogens (tertiary/aromatic N) is 2. The number of rotatable bonds is 1. The van der Waals surface area contributed by atoms with Crippen molar-refractivity contribution in [2.24, 2.45) is 10.9 Å². The molecule has 5 nitrogen and oxygen atoms in total. The number of hydrogen-bond donors (Lipinski definition) is 1. The van der Waals surface area contributed by atoms with Crippen LogP contribution in [0, 0.1) is 5.92 Å². The van der Waals surface area contributed by atoms with E-state index in [2.05, 4.69) is 36.9 Å². The molecule has 26 heavy (non-hydrogen) atoms. The smallest absolute Gasteiger partial charge is 0.335 e. The molecule has 0 fully saturated rings. The van der Waals surface area contributed by atoms with E-state index in [1.165, 1.54) is 10.6 Å². The standard InChI is InChI=1S/C20H18N2O3S/c1-20(2)13-10-25-15-8-7-11(18(23)24)9-12(15)17(13)21-19-22(20)14-5-3-4-6-16(14)26-19/h3-9,13,17H,10H2,1-2H3,(H,23,24)/t13-,17-/m0/s1. The molecule has 0 saturated carbocycles. The third-order valence-electron chi connectivity index (χ3n) is 5.61. The first-order valence-corrected chi connectivity index (χ1v) is 9.43. The fraction of sp³-hybridized carbons (Fsp3) is 0.300. The van der Waals surface area contributed by atoms with Gasteiger partial charge in [0.05, 0.1) is 23.9 Å². The number of fused-ring (bicyclic) bond motifs is 6. The number of carbonyl (C=O) groups is 1. The molecule has 0 amide bonds. The van der Waals surface area contributed by atoms with Crippen LogP contribution in [0.4, 0.5) is 5.69 Å². The van der Waals surface area contributed by atoms with Crippen molar-refractivity contribution in [3.63, 3.8) is 0 Å². The maximum atomic E-state index is 11.4. The van der Waals surface area contributed by atoms with E-state index in [0.717, 1.165) is 16.5 Å². The van der Waals surface area contributed by atoms with Crippen molar-refractivity contribution in [1.82, 2.24) is 0 Å². The van der Waals surface area contributed by atoms with Crippen molar-refractivity contribution in [2.75, 3.05) is 11.5 Å². The molecule has 0 saturated heterocycles. The number of amidine groups is 1.